The minimum Gasteiger partial charge on any atom is -0.394 e. The molecule has 1 saturated heterocycles. The van der Waals surface area contributed by atoms with Crippen LogP contribution in [0.15, 0.2) is 0 Å². The zero-order valence-corrected chi connectivity index (χ0v) is 10.1. The third-order valence-corrected chi connectivity index (χ3v) is 2.95. The molecule has 0 aromatic rings. The average molecular weight is 284 g/mol. The molecule has 9 heteroatoms. The molecule has 1 fully saturated rings. The predicted octanol–water partition coefficient (Wildman–Crippen LogP) is -4.48. The summed E-state index contributed by atoms with van der Waals surface area (Å²) in [5.74, 6) is 0. The molecule has 7 atom stereocenters. The van der Waals surface area contributed by atoms with E-state index in [1.54, 1.807) is 0 Å². The number of rotatable bonds is 6. The Kier molecular flexibility index (Phi) is 6.53. The second-order valence-electron chi connectivity index (χ2n) is 4.30. The first kappa shape index (κ1) is 16.7. The van der Waals surface area contributed by atoms with Crippen molar-refractivity contribution in [1.29, 1.82) is 0 Å². The molecule has 19 heavy (non-hydrogen) atoms. The van der Waals surface area contributed by atoms with Gasteiger partial charge in [-0.25, -0.2) is 0 Å². The van der Waals surface area contributed by atoms with Crippen LogP contribution in [0.4, 0.5) is 0 Å². The van der Waals surface area contributed by atoms with Gasteiger partial charge < -0.3 is 45.2 Å². The first-order valence-electron chi connectivity index (χ1n) is 5.82. The molecule has 7 N–H and O–H groups in total. The van der Waals surface area contributed by atoms with Crippen LogP contribution in [0.25, 0.3) is 0 Å². The van der Waals surface area contributed by atoms with E-state index >= 15 is 0 Å². The lowest BCUT2D eigenvalue weighted by Gasteiger charge is -2.41. The topological polar surface area (TPSA) is 160 Å². The largest absolute Gasteiger partial charge is 0.394 e. The summed E-state index contributed by atoms with van der Waals surface area (Å²) in [6, 6.07) is 0. The third kappa shape index (κ3) is 3.81. The number of aliphatic hydroxyl groups is 7. The van der Waals surface area contributed by atoms with Crippen molar-refractivity contribution in [2.24, 2.45) is 0 Å². The molecule has 114 valence electrons. The van der Waals surface area contributed by atoms with Gasteiger partial charge in [-0.05, 0) is 0 Å². The lowest BCUT2D eigenvalue weighted by Crippen LogP contribution is -2.60. The van der Waals surface area contributed by atoms with Gasteiger partial charge in [-0.3, -0.25) is 0 Å². The highest BCUT2D eigenvalue weighted by molar-refractivity contribution is 4.89. The van der Waals surface area contributed by atoms with Crippen LogP contribution in [0.2, 0.25) is 0 Å². The maximum atomic E-state index is 9.65. The summed E-state index contributed by atoms with van der Waals surface area (Å²) < 4.78 is 10.1. The van der Waals surface area contributed by atoms with Gasteiger partial charge in [0.2, 0.25) is 0 Å². The molecule has 0 unspecified atom stereocenters. The van der Waals surface area contributed by atoms with Gasteiger partial charge in [0.25, 0.3) is 0 Å². The quantitative estimate of drug-likeness (QED) is 0.255. The number of hydrogen-bond donors (Lipinski definition) is 7. The third-order valence-electron chi connectivity index (χ3n) is 2.95. The normalized spacial score (nSPS) is 39.0. The Morgan fingerprint density at radius 1 is 0.947 bits per heavy atom. The van der Waals surface area contributed by atoms with Crippen LogP contribution in [0, 0.1) is 0 Å². The standard InChI is InChI=1S/C10H20O9/c11-1-4(14)5(2-12)18-10-9(17)8(16)7(15)6(3-13)19-10/h4-17H,1-3H2/t4-,5+,6-,7+,8+,9-,10-/m1/s1. The van der Waals surface area contributed by atoms with Crippen LogP contribution in [0.1, 0.15) is 0 Å². The van der Waals surface area contributed by atoms with Gasteiger partial charge in [-0.2, -0.15) is 0 Å². The zero-order valence-electron chi connectivity index (χ0n) is 10.1. The summed E-state index contributed by atoms with van der Waals surface area (Å²) in [6.45, 7) is -1.95. The molecule has 9 nitrogen and oxygen atoms in total. The summed E-state index contributed by atoms with van der Waals surface area (Å²) in [5.41, 5.74) is 0. The summed E-state index contributed by atoms with van der Waals surface area (Å²) in [4.78, 5) is 0. The molecule has 0 amide bonds. The fourth-order valence-electron chi connectivity index (χ4n) is 1.73. The van der Waals surface area contributed by atoms with E-state index in [2.05, 4.69) is 0 Å². The van der Waals surface area contributed by atoms with Gasteiger partial charge in [0.15, 0.2) is 6.29 Å². The van der Waals surface area contributed by atoms with E-state index in [1.807, 2.05) is 0 Å². The highest BCUT2D eigenvalue weighted by Crippen LogP contribution is 2.23. The lowest BCUT2D eigenvalue weighted by molar-refractivity contribution is -0.319. The highest BCUT2D eigenvalue weighted by Gasteiger charge is 2.45. The van der Waals surface area contributed by atoms with E-state index in [0.717, 1.165) is 0 Å². The molecule has 0 spiro atoms. The molecule has 1 rings (SSSR count). The van der Waals surface area contributed by atoms with Crippen molar-refractivity contribution < 1.29 is 45.2 Å². The molecule has 0 aromatic carbocycles. The molecule has 1 aliphatic rings. The van der Waals surface area contributed by atoms with E-state index in [1.165, 1.54) is 0 Å². The van der Waals surface area contributed by atoms with Crippen molar-refractivity contribution in [1.82, 2.24) is 0 Å². The maximum Gasteiger partial charge on any atom is 0.187 e. The van der Waals surface area contributed by atoms with Crippen molar-refractivity contribution in [2.45, 2.75) is 42.9 Å². The Balaban J connectivity index is 2.70. The van der Waals surface area contributed by atoms with Crippen molar-refractivity contribution in [3.63, 3.8) is 0 Å². The van der Waals surface area contributed by atoms with Crippen LogP contribution in [0.5, 0.6) is 0 Å². The van der Waals surface area contributed by atoms with Gasteiger partial charge in [0.1, 0.15) is 36.6 Å². The Bertz CT molecular complexity index is 261. The summed E-state index contributed by atoms with van der Waals surface area (Å²) >= 11 is 0. The molecule has 1 heterocycles. The van der Waals surface area contributed by atoms with Crippen molar-refractivity contribution in [3.8, 4) is 0 Å². The minimum absolute atomic E-state index is 0.614. The van der Waals surface area contributed by atoms with E-state index in [4.69, 9.17) is 24.8 Å². The smallest absolute Gasteiger partial charge is 0.187 e. The Morgan fingerprint density at radius 2 is 1.58 bits per heavy atom. The minimum atomic E-state index is -1.63. The van der Waals surface area contributed by atoms with Crippen LogP contribution < -0.4 is 0 Å². The first-order chi connectivity index (χ1) is 8.96. The van der Waals surface area contributed by atoms with Crippen LogP contribution in [-0.4, -0.2) is 98.5 Å². The number of hydrogen-bond acceptors (Lipinski definition) is 9. The van der Waals surface area contributed by atoms with Gasteiger partial charge >= 0.3 is 0 Å². The fraction of sp³-hybridized carbons (Fsp3) is 1.00. The van der Waals surface area contributed by atoms with Gasteiger partial charge in [-0.1, -0.05) is 0 Å². The molecule has 0 aromatic heterocycles. The van der Waals surface area contributed by atoms with E-state index in [9.17, 15) is 20.4 Å². The van der Waals surface area contributed by atoms with Crippen molar-refractivity contribution in [3.05, 3.63) is 0 Å². The molecule has 1 aliphatic heterocycles. The predicted molar refractivity (Wildman–Crippen MR) is 58.8 cm³/mol. The van der Waals surface area contributed by atoms with Crippen LogP contribution >= 0.6 is 0 Å². The molecule has 0 bridgehead atoms. The highest BCUT2D eigenvalue weighted by atomic mass is 16.7. The summed E-state index contributed by atoms with van der Waals surface area (Å²) in [5, 5.41) is 64.7. The first-order valence-corrected chi connectivity index (χ1v) is 5.82. The van der Waals surface area contributed by atoms with E-state index < -0.39 is 62.7 Å². The second-order valence-corrected chi connectivity index (χ2v) is 4.30. The van der Waals surface area contributed by atoms with Crippen molar-refractivity contribution in [2.75, 3.05) is 19.8 Å². The van der Waals surface area contributed by atoms with Crippen LogP contribution in [0.3, 0.4) is 0 Å². The SMILES string of the molecule is OC[C@@H](O)[C@H](CO)O[C@@H]1O[C@H](CO)[C@H](O)[C@H](O)[C@H]1O. The van der Waals surface area contributed by atoms with E-state index in [-0.39, 0.29) is 0 Å². The molecule has 0 saturated carbocycles. The Morgan fingerprint density at radius 3 is 2.05 bits per heavy atom. The van der Waals surface area contributed by atoms with Gasteiger partial charge in [0.05, 0.1) is 19.8 Å². The van der Waals surface area contributed by atoms with Gasteiger partial charge in [-0.15, -0.1) is 0 Å². The number of ether oxygens (including phenoxy) is 2. The maximum absolute atomic E-state index is 9.65. The van der Waals surface area contributed by atoms with Gasteiger partial charge in [0, 0.05) is 0 Å². The Hall–Kier alpha value is -0.360. The average Bonchev–Trinajstić information content (AvgIpc) is 2.43. The Labute approximate surface area is 109 Å². The summed E-state index contributed by atoms with van der Waals surface area (Å²) in [6.07, 6.45) is -10.0. The number of aliphatic hydroxyl groups excluding tert-OH is 7. The fourth-order valence-corrected chi connectivity index (χ4v) is 1.73. The summed E-state index contributed by atoms with van der Waals surface area (Å²) in [7, 11) is 0. The zero-order chi connectivity index (χ0) is 14.6. The second kappa shape index (κ2) is 7.43. The molecule has 0 aliphatic carbocycles. The lowest BCUT2D eigenvalue weighted by atomic mass is 9.99. The van der Waals surface area contributed by atoms with Crippen LogP contribution in [-0.2, 0) is 9.47 Å². The molecular formula is C10H20O9. The monoisotopic (exact) mass is 284 g/mol. The molecule has 0 radical (unpaired) electrons. The van der Waals surface area contributed by atoms with E-state index in [0.29, 0.717) is 0 Å². The van der Waals surface area contributed by atoms with Crippen molar-refractivity contribution >= 4 is 0 Å². The molecular weight excluding hydrogens is 264 g/mol.